The zero-order chi connectivity index (χ0) is 15.2. The summed E-state index contributed by atoms with van der Waals surface area (Å²) in [5.41, 5.74) is 6.55. The highest BCUT2D eigenvalue weighted by Gasteiger charge is 2.28. The molecule has 114 valence electrons. The zero-order valence-electron chi connectivity index (χ0n) is 12.3. The molecule has 2 rings (SSSR count). The first-order chi connectivity index (χ1) is 10.1. The van der Waals surface area contributed by atoms with Crippen molar-refractivity contribution < 1.29 is 9.59 Å². The van der Waals surface area contributed by atoms with Crippen molar-refractivity contribution >= 4 is 23.6 Å². The first-order valence-electron chi connectivity index (χ1n) is 7.31. The largest absolute Gasteiger partial charge is 0.369 e. The molecule has 0 saturated carbocycles. The first kappa shape index (κ1) is 15.9. The van der Waals surface area contributed by atoms with Crippen molar-refractivity contribution in [2.45, 2.75) is 30.8 Å². The lowest BCUT2D eigenvalue weighted by molar-refractivity contribution is -0.134. The van der Waals surface area contributed by atoms with Crippen LogP contribution in [-0.4, -0.2) is 35.1 Å². The molecule has 1 aliphatic rings. The van der Waals surface area contributed by atoms with E-state index in [0.717, 1.165) is 5.75 Å². The second-order valence-electron chi connectivity index (χ2n) is 5.44. The van der Waals surface area contributed by atoms with Crippen molar-refractivity contribution in [2.24, 2.45) is 11.7 Å². The van der Waals surface area contributed by atoms with E-state index in [2.05, 4.69) is 12.1 Å². The molecule has 1 aromatic carbocycles. The minimum absolute atomic E-state index is 0.0599. The molecule has 1 fully saturated rings. The number of carbonyl (C=O) groups excluding carboxylic acids is 2. The first-order valence-corrected chi connectivity index (χ1v) is 8.36. The van der Waals surface area contributed by atoms with Crippen LogP contribution in [0.1, 0.15) is 25.3 Å². The predicted molar refractivity (Wildman–Crippen MR) is 85.7 cm³/mol. The van der Waals surface area contributed by atoms with Crippen LogP contribution >= 0.6 is 11.8 Å². The minimum atomic E-state index is -0.242. The molecular formula is C16H22N2O2S. The van der Waals surface area contributed by atoms with Crippen molar-refractivity contribution in [1.82, 2.24) is 4.90 Å². The molecule has 1 saturated heterocycles. The van der Waals surface area contributed by atoms with Gasteiger partial charge >= 0.3 is 0 Å². The molecule has 0 unspecified atom stereocenters. The highest BCUT2D eigenvalue weighted by molar-refractivity contribution is 7.99. The summed E-state index contributed by atoms with van der Waals surface area (Å²) in [5.74, 6) is 0.694. The number of likely N-dealkylation sites (tertiary alicyclic amines) is 1. The van der Waals surface area contributed by atoms with E-state index in [4.69, 9.17) is 5.73 Å². The lowest BCUT2D eigenvalue weighted by atomic mass is 9.96. The SMILES string of the molecule is C[C@@H](SCc1ccccc1)C(=O)N1CCC(C(N)=O)CC1. The maximum atomic E-state index is 12.4. The zero-order valence-corrected chi connectivity index (χ0v) is 13.1. The molecule has 0 aliphatic carbocycles. The summed E-state index contributed by atoms with van der Waals surface area (Å²) in [6.45, 7) is 3.24. The fourth-order valence-electron chi connectivity index (χ4n) is 2.51. The molecule has 0 spiro atoms. The molecule has 2 N–H and O–H groups in total. The maximum Gasteiger partial charge on any atom is 0.235 e. The number of benzene rings is 1. The minimum Gasteiger partial charge on any atom is -0.369 e. The van der Waals surface area contributed by atoms with Gasteiger partial charge in [-0.2, -0.15) is 0 Å². The second-order valence-corrected chi connectivity index (χ2v) is 6.77. The third-order valence-corrected chi connectivity index (χ3v) is 5.10. The average molecular weight is 306 g/mol. The Kier molecular flexibility index (Phi) is 5.67. The lowest BCUT2D eigenvalue weighted by Gasteiger charge is -2.32. The number of piperidine rings is 1. The van der Waals surface area contributed by atoms with Crippen molar-refractivity contribution in [3.8, 4) is 0 Å². The van der Waals surface area contributed by atoms with Gasteiger partial charge in [0.25, 0.3) is 0 Å². The fraction of sp³-hybridized carbons (Fsp3) is 0.500. The number of nitrogens with zero attached hydrogens (tertiary/aromatic N) is 1. The van der Waals surface area contributed by atoms with Gasteiger partial charge in [-0.1, -0.05) is 30.3 Å². The van der Waals surface area contributed by atoms with E-state index in [1.165, 1.54) is 5.56 Å². The van der Waals surface area contributed by atoms with E-state index >= 15 is 0 Å². The van der Waals surface area contributed by atoms with Crippen LogP contribution in [0.3, 0.4) is 0 Å². The summed E-state index contributed by atoms with van der Waals surface area (Å²) in [6, 6.07) is 10.2. The number of primary amides is 1. The van der Waals surface area contributed by atoms with Crippen molar-refractivity contribution in [3.05, 3.63) is 35.9 Å². The molecular weight excluding hydrogens is 284 g/mol. The smallest absolute Gasteiger partial charge is 0.235 e. The Morgan fingerprint density at radius 2 is 1.90 bits per heavy atom. The van der Waals surface area contributed by atoms with E-state index in [1.54, 1.807) is 11.8 Å². The van der Waals surface area contributed by atoms with E-state index in [-0.39, 0.29) is 23.0 Å². The molecule has 21 heavy (non-hydrogen) atoms. The van der Waals surface area contributed by atoms with Gasteiger partial charge < -0.3 is 10.6 Å². The molecule has 1 heterocycles. The number of rotatable bonds is 5. The monoisotopic (exact) mass is 306 g/mol. The van der Waals surface area contributed by atoms with Gasteiger partial charge in [0.1, 0.15) is 0 Å². The highest BCUT2D eigenvalue weighted by Crippen LogP contribution is 2.22. The van der Waals surface area contributed by atoms with Crippen LogP contribution in [0.4, 0.5) is 0 Å². The van der Waals surface area contributed by atoms with E-state index in [1.807, 2.05) is 30.0 Å². The van der Waals surface area contributed by atoms with E-state index in [9.17, 15) is 9.59 Å². The summed E-state index contributed by atoms with van der Waals surface area (Å²) < 4.78 is 0. The summed E-state index contributed by atoms with van der Waals surface area (Å²) in [6.07, 6.45) is 1.38. The van der Waals surface area contributed by atoms with Crippen molar-refractivity contribution in [3.63, 3.8) is 0 Å². The summed E-state index contributed by atoms with van der Waals surface area (Å²) in [5, 5.41) is -0.0599. The number of hydrogen-bond acceptors (Lipinski definition) is 3. The van der Waals surface area contributed by atoms with Crippen LogP contribution in [0.2, 0.25) is 0 Å². The number of thioether (sulfide) groups is 1. The van der Waals surface area contributed by atoms with Gasteiger partial charge in [0.2, 0.25) is 11.8 Å². The Morgan fingerprint density at radius 1 is 1.29 bits per heavy atom. The quantitative estimate of drug-likeness (QED) is 0.905. The molecule has 4 nitrogen and oxygen atoms in total. The van der Waals surface area contributed by atoms with Crippen LogP contribution in [0, 0.1) is 5.92 Å². The Labute approximate surface area is 130 Å². The predicted octanol–water partition coefficient (Wildman–Crippen LogP) is 2.03. The fourth-order valence-corrected chi connectivity index (χ4v) is 3.43. The van der Waals surface area contributed by atoms with Crippen molar-refractivity contribution in [2.75, 3.05) is 13.1 Å². The summed E-state index contributed by atoms with van der Waals surface area (Å²) in [7, 11) is 0. The molecule has 1 aliphatic heterocycles. The molecule has 1 atom stereocenters. The normalized spacial score (nSPS) is 17.5. The van der Waals surface area contributed by atoms with Gasteiger partial charge in [-0.25, -0.2) is 0 Å². The molecule has 0 bridgehead atoms. The Bertz CT molecular complexity index is 484. The number of hydrogen-bond donors (Lipinski definition) is 1. The van der Waals surface area contributed by atoms with Gasteiger partial charge in [-0.15, -0.1) is 11.8 Å². The van der Waals surface area contributed by atoms with Gasteiger partial charge in [0.05, 0.1) is 5.25 Å². The van der Waals surface area contributed by atoms with Crippen LogP contribution in [0.5, 0.6) is 0 Å². The van der Waals surface area contributed by atoms with E-state index < -0.39 is 0 Å². The van der Waals surface area contributed by atoms with Gasteiger partial charge in [-0.05, 0) is 25.3 Å². The molecule has 0 aromatic heterocycles. The third-order valence-electron chi connectivity index (χ3n) is 3.90. The van der Waals surface area contributed by atoms with Crippen molar-refractivity contribution in [1.29, 1.82) is 0 Å². The third kappa shape index (κ3) is 4.49. The second kappa shape index (κ2) is 7.50. The van der Waals surface area contributed by atoms with Gasteiger partial charge in [0.15, 0.2) is 0 Å². The molecule has 1 aromatic rings. The van der Waals surface area contributed by atoms with Gasteiger partial charge in [0, 0.05) is 24.8 Å². The standard InChI is InChI=1S/C16H22N2O2S/c1-12(21-11-13-5-3-2-4-6-13)16(20)18-9-7-14(8-10-18)15(17)19/h2-6,12,14H,7-11H2,1H3,(H2,17,19)/t12-/m1/s1. The number of amides is 2. The highest BCUT2D eigenvalue weighted by atomic mass is 32.2. The number of nitrogens with two attached hydrogens (primary N) is 1. The average Bonchev–Trinajstić information content (AvgIpc) is 2.53. The molecule has 0 radical (unpaired) electrons. The lowest BCUT2D eigenvalue weighted by Crippen LogP contribution is -2.44. The molecule has 2 amide bonds. The van der Waals surface area contributed by atoms with E-state index in [0.29, 0.717) is 25.9 Å². The Hall–Kier alpha value is -1.49. The van der Waals surface area contributed by atoms with Crippen LogP contribution in [0.25, 0.3) is 0 Å². The van der Waals surface area contributed by atoms with Crippen LogP contribution in [-0.2, 0) is 15.3 Å². The summed E-state index contributed by atoms with van der Waals surface area (Å²) in [4.78, 5) is 25.4. The van der Waals surface area contributed by atoms with Crippen LogP contribution in [0.15, 0.2) is 30.3 Å². The summed E-state index contributed by atoms with van der Waals surface area (Å²) >= 11 is 1.66. The van der Waals surface area contributed by atoms with Gasteiger partial charge in [-0.3, -0.25) is 9.59 Å². The number of carbonyl (C=O) groups is 2. The molecule has 5 heteroatoms. The Balaban J connectivity index is 1.79. The topological polar surface area (TPSA) is 63.4 Å². The van der Waals surface area contributed by atoms with Crippen LogP contribution < -0.4 is 5.73 Å². The Morgan fingerprint density at radius 3 is 2.48 bits per heavy atom. The maximum absolute atomic E-state index is 12.4.